The third kappa shape index (κ3) is 4.23. The maximum Gasteiger partial charge on any atom is 0.251 e. The molecule has 0 aromatic heterocycles. The van der Waals surface area contributed by atoms with E-state index < -0.39 is 10.0 Å². The van der Waals surface area contributed by atoms with E-state index in [0.29, 0.717) is 17.8 Å². The van der Waals surface area contributed by atoms with Crippen molar-refractivity contribution in [3.63, 3.8) is 0 Å². The first-order chi connectivity index (χ1) is 9.42. The van der Waals surface area contributed by atoms with Crippen molar-refractivity contribution in [3.8, 4) is 0 Å². The Kier molecular flexibility index (Phi) is 6.01. The molecule has 0 unspecified atom stereocenters. The Balaban J connectivity index is 2.88. The number of sulfonamides is 1. The van der Waals surface area contributed by atoms with E-state index in [2.05, 4.69) is 12.2 Å². The van der Waals surface area contributed by atoms with E-state index >= 15 is 0 Å². The highest BCUT2D eigenvalue weighted by Gasteiger charge is 2.16. The van der Waals surface area contributed by atoms with E-state index in [0.717, 1.165) is 12.8 Å². The van der Waals surface area contributed by atoms with Crippen LogP contribution < -0.4 is 9.62 Å². The van der Waals surface area contributed by atoms with Crippen molar-refractivity contribution < 1.29 is 13.2 Å². The molecule has 0 aliphatic carbocycles. The molecule has 0 aliphatic heterocycles. The predicted molar refractivity (Wildman–Crippen MR) is 81.5 cm³/mol. The van der Waals surface area contributed by atoms with Crippen molar-refractivity contribution in [1.29, 1.82) is 0 Å². The summed E-state index contributed by atoms with van der Waals surface area (Å²) in [6.45, 7) is 4.27. The summed E-state index contributed by atoms with van der Waals surface area (Å²) in [6.07, 6.45) is 1.94. The average molecular weight is 298 g/mol. The SMILES string of the molecule is CCCCNC(=O)c1cccc(N(C)S(=O)(=O)CC)c1. The largest absolute Gasteiger partial charge is 0.352 e. The lowest BCUT2D eigenvalue weighted by molar-refractivity contribution is 0.0953. The van der Waals surface area contributed by atoms with E-state index in [9.17, 15) is 13.2 Å². The molecule has 0 saturated carbocycles. The van der Waals surface area contributed by atoms with Gasteiger partial charge in [-0.15, -0.1) is 0 Å². The summed E-state index contributed by atoms with van der Waals surface area (Å²) in [6, 6.07) is 6.63. The third-order valence-electron chi connectivity index (χ3n) is 3.07. The standard InChI is InChI=1S/C14H22N2O3S/c1-4-6-10-15-14(17)12-8-7-9-13(11-12)16(3)20(18,19)5-2/h7-9,11H,4-6,10H2,1-3H3,(H,15,17). The van der Waals surface area contributed by atoms with Crippen LogP contribution in [0.5, 0.6) is 0 Å². The molecule has 0 aliphatic rings. The van der Waals surface area contributed by atoms with Crippen molar-refractivity contribution in [2.75, 3.05) is 23.7 Å². The Labute approximate surface area is 121 Å². The van der Waals surface area contributed by atoms with E-state index in [1.165, 1.54) is 11.4 Å². The summed E-state index contributed by atoms with van der Waals surface area (Å²) in [5, 5.41) is 2.81. The van der Waals surface area contributed by atoms with Crippen LogP contribution in [-0.4, -0.2) is 33.7 Å². The minimum atomic E-state index is -3.31. The van der Waals surface area contributed by atoms with Gasteiger partial charge >= 0.3 is 0 Å². The van der Waals surface area contributed by atoms with Crippen LogP contribution in [-0.2, 0) is 10.0 Å². The lowest BCUT2D eigenvalue weighted by Crippen LogP contribution is -2.29. The third-order valence-corrected chi connectivity index (χ3v) is 4.84. The summed E-state index contributed by atoms with van der Waals surface area (Å²) >= 11 is 0. The Hall–Kier alpha value is -1.56. The number of unbranched alkanes of at least 4 members (excludes halogenated alkanes) is 1. The average Bonchev–Trinajstić information content (AvgIpc) is 2.46. The molecular weight excluding hydrogens is 276 g/mol. The van der Waals surface area contributed by atoms with Gasteiger partial charge in [0.1, 0.15) is 0 Å². The number of nitrogens with one attached hydrogen (secondary N) is 1. The quantitative estimate of drug-likeness (QED) is 0.783. The van der Waals surface area contributed by atoms with Crippen molar-refractivity contribution in [3.05, 3.63) is 29.8 Å². The molecule has 1 aromatic carbocycles. The highest BCUT2D eigenvalue weighted by Crippen LogP contribution is 2.18. The molecule has 0 spiro atoms. The first-order valence-electron chi connectivity index (χ1n) is 6.77. The maximum absolute atomic E-state index is 11.9. The van der Waals surface area contributed by atoms with E-state index in [1.54, 1.807) is 31.2 Å². The Bertz CT molecular complexity index is 555. The van der Waals surface area contributed by atoms with Crippen molar-refractivity contribution in [2.24, 2.45) is 0 Å². The molecule has 0 saturated heterocycles. The normalized spacial score (nSPS) is 11.2. The minimum Gasteiger partial charge on any atom is -0.352 e. The number of carbonyl (C=O) groups is 1. The number of carbonyl (C=O) groups excluding carboxylic acids is 1. The summed E-state index contributed by atoms with van der Waals surface area (Å²) in [4.78, 5) is 11.9. The Morgan fingerprint density at radius 1 is 1.30 bits per heavy atom. The van der Waals surface area contributed by atoms with Gasteiger partial charge in [-0.25, -0.2) is 8.42 Å². The molecule has 5 nitrogen and oxygen atoms in total. The van der Waals surface area contributed by atoms with E-state index in [-0.39, 0.29) is 11.7 Å². The van der Waals surface area contributed by atoms with Gasteiger partial charge in [-0.05, 0) is 31.5 Å². The van der Waals surface area contributed by atoms with Gasteiger partial charge in [0, 0.05) is 19.2 Å². The zero-order chi connectivity index (χ0) is 15.2. The van der Waals surface area contributed by atoms with Crippen LogP contribution in [0.2, 0.25) is 0 Å². The summed E-state index contributed by atoms with van der Waals surface area (Å²) in [5.74, 6) is -0.154. The predicted octanol–water partition coefficient (Wildman–Crippen LogP) is 2.00. The van der Waals surface area contributed by atoms with Gasteiger partial charge in [0.15, 0.2) is 0 Å². The molecule has 1 amide bonds. The molecule has 0 fully saturated rings. The number of hydrogen-bond acceptors (Lipinski definition) is 3. The number of benzene rings is 1. The van der Waals surface area contributed by atoms with Crippen LogP contribution in [0.25, 0.3) is 0 Å². The Morgan fingerprint density at radius 2 is 2.00 bits per heavy atom. The molecule has 1 aromatic rings. The second kappa shape index (κ2) is 7.28. The van der Waals surface area contributed by atoms with Crippen LogP contribution in [0.3, 0.4) is 0 Å². The number of hydrogen-bond donors (Lipinski definition) is 1. The molecule has 20 heavy (non-hydrogen) atoms. The topological polar surface area (TPSA) is 66.5 Å². The minimum absolute atomic E-state index is 0.0242. The second-order valence-corrected chi connectivity index (χ2v) is 6.82. The molecule has 0 atom stereocenters. The summed E-state index contributed by atoms with van der Waals surface area (Å²) in [5.41, 5.74) is 0.965. The fraction of sp³-hybridized carbons (Fsp3) is 0.500. The number of amides is 1. The molecule has 0 radical (unpaired) electrons. The monoisotopic (exact) mass is 298 g/mol. The highest BCUT2D eigenvalue weighted by molar-refractivity contribution is 7.92. The van der Waals surface area contributed by atoms with Gasteiger partial charge in [0.25, 0.3) is 5.91 Å². The van der Waals surface area contributed by atoms with Gasteiger partial charge in [0.05, 0.1) is 11.4 Å². The second-order valence-electron chi connectivity index (χ2n) is 4.53. The maximum atomic E-state index is 11.9. The fourth-order valence-corrected chi connectivity index (χ4v) is 2.50. The van der Waals surface area contributed by atoms with E-state index in [4.69, 9.17) is 0 Å². The summed E-state index contributed by atoms with van der Waals surface area (Å²) in [7, 11) is -1.82. The van der Waals surface area contributed by atoms with Crippen LogP contribution in [0.1, 0.15) is 37.0 Å². The summed E-state index contributed by atoms with van der Waals surface area (Å²) < 4.78 is 24.8. The molecule has 0 heterocycles. The van der Waals surface area contributed by atoms with Gasteiger partial charge in [0.2, 0.25) is 10.0 Å². The molecule has 0 bridgehead atoms. The van der Waals surface area contributed by atoms with Crippen LogP contribution in [0.4, 0.5) is 5.69 Å². The van der Waals surface area contributed by atoms with Crippen LogP contribution >= 0.6 is 0 Å². The highest BCUT2D eigenvalue weighted by atomic mass is 32.2. The van der Waals surface area contributed by atoms with Crippen molar-refractivity contribution in [1.82, 2.24) is 5.32 Å². The molecule has 112 valence electrons. The number of rotatable bonds is 7. The fourth-order valence-electron chi connectivity index (χ4n) is 1.68. The van der Waals surface area contributed by atoms with Crippen molar-refractivity contribution >= 4 is 21.6 Å². The smallest absolute Gasteiger partial charge is 0.251 e. The molecule has 1 rings (SSSR count). The molecule has 1 N–H and O–H groups in total. The van der Waals surface area contributed by atoms with Crippen LogP contribution in [0.15, 0.2) is 24.3 Å². The van der Waals surface area contributed by atoms with Gasteiger partial charge in [-0.2, -0.15) is 0 Å². The molecule has 6 heteroatoms. The number of anilines is 1. The van der Waals surface area contributed by atoms with Gasteiger partial charge in [-0.1, -0.05) is 19.4 Å². The first-order valence-corrected chi connectivity index (χ1v) is 8.38. The van der Waals surface area contributed by atoms with Gasteiger partial charge < -0.3 is 5.32 Å². The zero-order valence-corrected chi connectivity index (χ0v) is 13.0. The van der Waals surface area contributed by atoms with Crippen molar-refractivity contribution in [2.45, 2.75) is 26.7 Å². The lowest BCUT2D eigenvalue weighted by Gasteiger charge is -2.19. The number of nitrogens with zero attached hydrogens (tertiary/aromatic N) is 1. The zero-order valence-electron chi connectivity index (χ0n) is 12.2. The first kappa shape index (κ1) is 16.5. The van der Waals surface area contributed by atoms with Crippen LogP contribution in [0, 0.1) is 0 Å². The van der Waals surface area contributed by atoms with Gasteiger partial charge in [-0.3, -0.25) is 9.10 Å². The van der Waals surface area contributed by atoms with E-state index in [1.807, 2.05) is 0 Å². The molecular formula is C14H22N2O3S. The lowest BCUT2D eigenvalue weighted by atomic mass is 10.2. The Morgan fingerprint density at radius 3 is 2.60 bits per heavy atom.